The van der Waals surface area contributed by atoms with Crippen molar-refractivity contribution in [2.75, 3.05) is 12.8 Å². The maximum absolute atomic E-state index is 12.2. The summed E-state index contributed by atoms with van der Waals surface area (Å²) in [6.07, 6.45) is 1.23. The van der Waals surface area contributed by atoms with Gasteiger partial charge in [0.05, 0.1) is 5.69 Å². The Hall–Kier alpha value is -2.67. The molecule has 0 saturated carbocycles. The zero-order valence-electron chi connectivity index (χ0n) is 15.1. The van der Waals surface area contributed by atoms with E-state index in [0.29, 0.717) is 13.1 Å². The first kappa shape index (κ1) is 18.7. The molecule has 0 atom stereocenters. The minimum absolute atomic E-state index is 0.216. The number of hydrogen-bond acceptors (Lipinski definition) is 6. The third kappa shape index (κ3) is 5.15. The Kier molecular flexibility index (Phi) is 5.58. The lowest BCUT2D eigenvalue weighted by molar-refractivity contribution is 0.0285. The van der Waals surface area contributed by atoms with Crippen LogP contribution in [0.2, 0.25) is 0 Å². The van der Waals surface area contributed by atoms with Crippen molar-refractivity contribution in [2.45, 2.75) is 39.5 Å². The molecule has 0 aliphatic rings. The zero-order valence-corrected chi connectivity index (χ0v) is 15.1. The summed E-state index contributed by atoms with van der Waals surface area (Å²) in [5.74, 6) is 0.216. The van der Waals surface area contributed by atoms with E-state index in [1.807, 2.05) is 39.0 Å². The van der Waals surface area contributed by atoms with Crippen molar-refractivity contribution in [2.24, 2.45) is 5.73 Å². The Morgan fingerprint density at radius 2 is 1.96 bits per heavy atom. The topological polar surface area (TPSA) is 107 Å². The first-order valence-electron chi connectivity index (χ1n) is 8.04. The second-order valence-corrected chi connectivity index (χ2v) is 6.82. The Morgan fingerprint density at radius 3 is 2.56 bits per heavy atom. The summed E-state index contributed by atoms with van der Waals surface area (Å²) >= 11 is 0. The van der Waals surface area contributed by atoms with Gasteiger partial charge >= 0.3 is 6.09 Å². The number of amides is 1. The number of carbonyl (C=O) groups is 1. The number of carbonyl (C=O) groups excluding carboxylic acids is 1. The molecule has 0 bridgehead atoms. The average Bonchev–Trinajstić information content (AvgIpc) is 2.53. The number of aromatic nitrogens is 2. The Bertz CT molecular complexity index is 755. The average molecular weight is 343 g/mol. The number of nitrogen functional groups attached to an aromatic ring is 1. The summed E-state index contributed by atoms with van der Waals surface area (Å²) in [6.45, 7) is 6.28. The fourth-order valence-corrected chi connectivity index (χ4v) is 2.33. The molecule has 1 heterocycles. The zero-order chi connectivity index (χ0) is 18.6. The molecule has 25 heavy (non-hydrogen) atoms. The van der Waals surface area contributed by atoms with E-state index in [4.69, 9.17) is 16.2 Å². The van der Waals surface area contributed by atoms with E-state index in [0.717, 1.165) is 22.4 Å². The van der Waals surface area contributed by atoms with Gasteiger partial charge in [-0.15, -0.1) is 0 Å². The van der Waals surface area contributed by atoms with Crippen LogP contribution in [0.4, 0.5) is 10.7 Å². The normalized spacial score (nSPS) is 11.2. The van der Waals surface area contributed by atoms with Gasteiger partial charge in [-0.1, -0.05) is 12.1 Å². The first-order chi connectivity index (χ1) is 11.7. The number of benzene rings is 1. The number of hydrogen-bond donors (Lipinski definition) is 2. The quantitative estimate of drug-likeness (QED) is 0.883. The van der Waals surface area contributed by atoms with Crippen molar-refractivity contribution in [3.8, 4) is 11.3 Å². The molecule has 1 amide bonds. The van der Waals surface area contributed by atoms with Gasteiger partial charge in [0.25, 0.3) is 0 Å². The van der Waals surface area contributed by atoms with Crippen molar-refractivity contribution in [1.82, 2.24) is 14.9 Å². The van der Waals surface area contributed by atoms with Gasteiger partial charge in [-0.05, 0) is 44.0 Å². The van der Waals surface area contributed by atoms with Crippen molar-refractivity contribution < 1.29 is 9.53 Å². The van der Waals surface area contributed by atoms with Gasteiger partial charge < -0.3 is 21.1 Å². The van der Waals surface area contributed by atoms with E-state index in [9.17, 15) is 4.79 Å². The molecule has 0 spiro atoms. The summed E-state index contributed by atoms with van der Waals surface area (Å²) < 4.78 is 5.39. The van der Waals surface area contributed by atoms with Gasteiger partial charge in [-0.3, -0.25) is 0 Å². The van der Waals surface area contributed by atoms with Crippen LogP contribution >= 0.6 is 0 Å². The van der Waals surface area contributed by atoms with Crippen LogP contribution in [0.5, 0.6) is 0 Å². The number of nitrogens with zero attached hydrogens (tertiary/aromatic N) is 3. The van der Waals surface area contributed by atoms with E-state index in [2.05, 4.69) is 9.97 Å². The smallest absolute Gasteiger partial charge is 0.410 e. The number of ether oxygens (including phenoxy) is 1. The Labute approximate surface area is 148 Å². The van der Waals surface area contributed by atoms with Crippen LogP contribution in [0, 0.1) is 0 Å². The molecule has 134 valence electrons. The van der Waals surface area contributed by atoms with Crippen LogP contribution in [-0.2, 0) is 17.8 Å². The van der Waals surface area contributed by atoms with E-state index in [1.54, 1.807) is 19.3 Å². The standard InChI is InChI=1S/C18H25N5O2/c1-18(2,3)25-17(24)23(4)11-14-9-12(5-6-13(14)10-19)15-7-8-21-16(20)22-15/h5-9H,10-11,19H2,1-4H3,(H2,20,21,22). The molecule has 0 radical (unpaired) electrons. The summed E-state index contributed by atoms with van der Waals surface area (Å²) in [7, 11) is 1.70. The maximum atomic E-state index is 12.2. The fraction of sp³-hybridized carbons (Fsp3) is 0.389. The van der Waals surface area contributed by atoms with Gasteiger partial charge in [0, 0.05) is 31.9 Å². The molecule has 7 nitrogen and oxygen atoms in total. The molecule has 4 N–H and O–H groups in total. The van der Waals surface area contributed by atoms with Crippen molar-refractivity contribution in [1.29, 1.82) is 0 Å². The number of rotatable bonds is 4. The highest BCUT2D eigenvalue weighted by Crippen LogP contribution is 2.22. The fourth-order valence-electron chi connectivity index (χ4n) is 2.33. The molecule has 0 saturated heterocycles. The highest BCUT2D eigenvalue weighted by atomic mass is 16.6. The lowest BCUT2D eigenvalue weighted by Crippen LogP contribution is -2.34. The molecule has 2 rings (SSSR count). The van der Waals surface area contributed by atoms with Gasteiger partial charge in [0.15, 0.2) is 0 Å². The third-order valence-electron chi connectivity index (χ3n) is 3.51. The van der Waals surface area contributed by atoms with Crippen LogP contribution in [0.3, 0.4) is 0 Å². The molecular formula is C18H25N5O2. The predicted molar refractivity (Wildman–Crippen MR) is 97.5 cm³/mol. The molecule has 7 heteroatoms. The minimum Gasteiger partial charge on any atom is -0.444 e. The van der Waals surface area contributed by atoms with Crippen LogP contribution in [0.25, 0.3) is 11.3 Å². The Balaban J connectivity index is 2.27. The highest BCUT2D eigenvalue weighted by Gasteiger charge is 2.20. The maximum Gasteiger partial charge on any atom is 0.410 e. The SMILES string of the molecule is CN(Cc1cc(-c2ccnc(N)n2)ccc1CN)C(=O)OC(C)(C)C. The second kappa shape index (κ2) is 7.48. The van der Waals surface area contributed by atoms with Crippen LogP contribution in [-0.4, -0.2) is 33.6 Å². The van der Waals surface area contributed by atoms with Gasteiger partial charge in [-0.25, -0.2) is 14.8 Å². The summed E-state index contributed by atoms with van der Waals surface area (Å²) in [4.78, 5) is 21.9. The molecule has 0 aliphatic carbocycles. The van der Waals surface area contributed by atoms with Crippen LogP contribution < -0.4 is 11.5 Å². The molecule has 1 aromatic carbocycles. The first-order valence-corrected chi connectivity index (χ1v) is 8.04. The summed E-state index contributed by atoms with van der Waals surface area (Å²) in [5.41, 5.74) is 14.5. The largest absolute Gasteiger partial charge is 0.444 e. The van der Waals surface area contributed by atoms with Crippen molar-refractivity contribution in [3.05, 3.63) is 41.6 Å². The summed E-state index contributed by atoms with van der Waals surface area (Å²) in [6, 6.07) is 7.62. The van der Waals surface area contributed by atoms with Crippen molar-refractivity contribution in [3.63, 3.8) is 0 Å². The van der Waals surface area contributed by atoms with E-state index < -0.39 is 5.60 Å². The molecular weight excluding hydrogens is 318 g/mol. The minimum atomic E-state index is -0.539. The van der Waals surface area contributed by atoms with E-state index >= 15 is 0 Å². The monoisotopic (exact) mass is 343 g/mol. The second-order valence-electron chi connectivity index (χ2n) is 6.82. The van der Waals surface area contributed by atoms with Crippen LogP contribution in [0.1, 0.15) is 31.9 Å². The van der Waals surface area contributed by atoms with E-state index in [-0.39, 0.29) is 12.0 Å². The molecule has 0 aliphatic heterocycles. The Morgan fingerprint density at radius 1 is 1.24 bits per heavy atom. The van der Waals surface area contributed by atoms with Crippen molar-refractivity contribution >= 4 is 12.0 Å². The third-order valence-corrected chi connectivity index (χ3v) is 3.51. The lowest BCUT2D eigenvalue weighted by atomic mass is 10.0. The summed E-state index contributed by atoms with van der Waals surface area (Å²) in [5, 5.41) is 0. The van der Waals surface area contributed by atoms with Crippen LogP contribution in [0.15, 0.2) is 30.5 Å². The van der Waals surface area contributed by atoms with Gasteiger partial charge in [0.2, 0.25) is 5.95 Å². The molecule has 1 aromatic heterocycles. The number of anilines is 1. The van der Waals surface area contributed by atoms with Gasteiger partial charge in [-0.2, -0.15) is 0 Å². The predicted octanol–water partition coefficient (Wildman–Crippen LogP) is 2.55. The van der Waals surface area contributed by atoms with Gasteiger partial charge in [0.1, 0.15) is 5.60 Å². The molecule has 0 unspecified atom stereocenters. The van der Waals surface area contributed by atoms with E-state index in [1.165, 1.54) is 4.90 Å². The highest BCUT2D eigenvalue weighted by molar-refractivity contribution is 5.68. The number of nitrogens with two attached hydrogens (primary N) is 2. The molecule has 2 aromatic rings. The molecule has 0 fully saturated rings. The lowest BCUT2D eigenvalue weighted by Gasteiger charge is -2.25.